The summed E-state index contributed by atoms with van der Waals surface area (Å²) in [6.07, 6.45) is 1.23. The van der Waals surface area contributed by atoms with E-state index >= 15 is 0 Å². The Hall–Kier alpha value is -1.12. The second-order valence-corrected chi connectivity index (χ2v) is 3.53. The maximum Gasteiger partial charge on any atom is 0.237 e. The minimum Gasteiger partial charge on any atom is -0.382 e. The van der Waals surface area contributed by atoms with Crippen molar-refractivity contribution in [2.45, 2.75) is 25.9 Å². The molecule has 5 heteroatoms. The van der Waals surface area contributed by atoms with Crippen molar-refractivity contribution in [3.63, 3.8) is 0 Å². The summed E-state index contributed by atoms with van der Waals surface area (Å²) < 4.78 is 10.0. The zero-order valence-electron chi connectivity index (χ0n) is 10.2. The lowest BCUT2D eigenvalue weighted by molar-refractivity contribution is -0.124. The van der Waals surface area contributed by atoms with E-state index in [4.69, 9.17) is 14.7 Å². The first-order valence-electron chi connectivity index (χ1n) is 5.38. The molecule has 0 heterocycles. The van der Waals surface area contributed by atoms with E-state index in [-0.39, 0.29) is 12.0 Å². The molecule has 0 saturated heterocycles. The van der Waals surface area contributed by atoms with Crippen molar-refractivity contribution in [1.29, 1.82) is 5.26 Å². The van der Waals surface area contributed by atoms with Gasteiger partial charge in [0.2, 0.25) is 5.91 Å². The summed E-state index contributed by atoms with van der Waals surface area (Å²) in [5, 5.41) is 11.5. The Morgan fingerprint density at radius 3 is 2.62 bits per heavy atom. The standard InChI is InChI=1S/C11H20N2O3/c1-4-5-9(6-12)11(14)13-7-10(16-3)8-15-2/h9-10H,4-5,7-8H2,1-3H3,(H,13,14). The Bertz CT molecular complexity index is 238. The molecule has 0 aromatic heterocycles. The summed E-state index contributed by atoms with van der Waals surface area (Å²) in [6.45, 7) is 2.73. The van der Waals surface area contributed by atoms with Crippen LogP contribution in [0.25, 0.3) is 0 Å². The first-order valence-corrected chi connectivity index (χ1v) is 5.38. The van der Waals surface area contributed by atoms with Gasteiger partial charge in [-0.05, 0) is 6.42 Å². The van der Waals surface area contributed by atoms with E-state index < -0.39 is 5.92 Å². The molecule has 1 amide bonds. The topological polar surface area (TPSA) is 71.4 Å². The monoisotopic (exact) mass is 228 g/mol. The van der Waals surface area contributed by atoms with Gasteiger partial charge >= 0.3 is 0 Å². The van der Waals surface area contributed by atoms with Gasteiger partial charge in [0.05, 0.1) is 18.8 Å². The fraction of sp³-hybridized carbons (Fsp3) is 0.818. The molecule has 2 unspecified atom stereocenters. The number of nitrogens with one attached hydrogen (secondary N) is 1. The van der Waals surface area contributed by atoms with Gasteiger partial charge in [0.1, 0.15) is 5.92 Å². The van der Waals surface area contributed by atoms with Crippen LogP contribution in [-0.4, -0.2) is 39.4 Å². The average molecular weight is 228 g/mol. The SMILES string of the molecule is CCCC(C#N)C(=O)NCC(COC)OC. The van der Waals surface area contributed by atoms with Crippen molar-refractivity contribution in [3.05, 3.63) is 0 Å². The number of hydrogen-bond donors (Lipinski definition) is 1. The van der Waals surface area contributed by atoms with Gasteiger partial charge in [-0.1, -0.05) is 13.3 Å². The maximum absolute atomic E-state index is 11.6. The minimum atomic E-state index is -0.565. The molecule has 92 valence electrons. The summed E-state index contributed by atoms with van der Waals surface area (Å²) in [7, 11) is 3.13. The zero-order valence-corrected chi connectivity index (χ0v) is 10.2. The van der Waals surface area contributed by atoms with Crippen molar-refractivity contribution in [2.24, 2.45) is 5.92 Å². The van der Waals surface area contributed by atoms with Crippen LogP contribution in [0.2, 0.25) is 0 Å². The number of methoxy groups -OCH3 is 2. The number of hydrogen-bond acceptors (Lipinski definition) is 4. The van der Waals surface area contributed by atoms with Crippen LogP contribution in [0.3, 0.4) is 0 Å². The van der Waals surface area contributed by atoms with E-state index in [0.717, 1.165) is 6.42 Å². The molecule has 0 aliphatic heterocycles. The number of rotatable bonds is 8. The second kappa shape index (κ2) is 9.13. The summed E-state index contributed by atoms with van der Waals surface area (Å²) in [5.41, 5.74) is 0. The van der Waals surface area contributed by atoms with Gasteiger partial charge in [-0.3, -0.25) is 4.79 Å². The van der Waals surface area contributed by atoms with Gasteiger partial charge < -0.3 is 14.8 Å². The van der Waals surface area contributed by atoms with Crippen molar-refractivity contribution >= 4 is 5.91 Å². The molecule has 16 heavy (non-hydrogen) atoms. The van der Waals surface area contributed by atoms with Gasteiger partial charge in [-0.15, -0.1) is 0 Å². The van der Waals surface area contributed by atoms with Crippen LogP contribution in [0.1, 0.15) is 19.8 Å². The minimum absolute atomic E-state index is 0.171. The Balaban J connectivity index is 3.98. The van der Waals surface area contributed by atoms with Gasteiger partial charge in [0.25, 0.3) is 0 Å². The number of carbonyl (C=O) groups is 1. The Kier molecular flexibility index (Phi) is 8.49. The Labute approximate surface area is 96.7 Å². The lowest BCUT2D eigenvalue weighted by Gasteiger charge is -2.16. The van der Waals surface area contributed by atoms with Crippen molar-refractivity contribution in [1.82, 2.24) is 5.32 Å². The normalized spacial score (nSPS) is 13.9. The number of nitrogens with zero attached hydrogens (tertiary/aromatic N) is 1. The predicted octanol–water partition coefficient (Wildman–Crippen LogP) is 0.704. The van der Waals surface area contributed by atoms with E-state index in [9.17, 15) is 4.79 Å². The van der Waals surface area contributed by atoms with Crippen LogP contribution in [0.5, 0.6) is 0 Å². The third kappa shape index (κ3) is 5.69. The molecular formula is C11H20N2O3. The fourth-order valence-corrected chi connectivity index (χ4v) is 1.28. The summed E-state index contributed by atoms with van der Waals surface area (Å²) in [4.78, 5) is 11.6. The van der Waals surface area contributed by atoms with Crippen LogP contribution in [0, 0.1) is 17.2 Å². The Morgan fingerprint density at radius 1 is 1.50 bits per heavy atom. The summed E-state index contributed by atoms with van der Waals surface area (Å²) in [5.74, 6) is -0.799. The molecule has 0 spiro atoms. The molecule has 0 aromatic carbocycles. The maximum atomic E-state index is 11.6. The van der Waals surface area contributed by atoms with Crippen molar-refractivity contribution in [2.75, 3.05) is 27.4 Å². The second-order valence-electron chi connectivity index (χ2n) is 3.53. The molecule has 1 N–H and O–H groups in total. The zero-order chi connectivity index (χ0) is 12.4. The van der Waals surface area contributed by atoms with Crippen LogP contribution in [-0.2, 0) is 14.3 Å². The van der Waals surface area contributed by atoms with Gasteiger partial charge in [0.15, 0.2) is 0 Å². The van der Waals surface area contributed by atoms with Crippen molar-refractivity contribution in [3.8, 4) is 6.07 Å². The molecule has 0 bridgehead atoms. The first-order chi connectivity index (χ1) is 7.69. The molecule has 0 rings (SSSR count). The van der Waals surface area contributed by atoms with E-state index in [1.807, 2.05) is 13.0 Å². The summed E-state index contributed by atoms with van der Waals surface area (Å²) in [6, 6.07) is 1.99. The Morgan fingerprint density at radius 2 is 2.19 bits per heavy atom. The predicted molar refractivity (Wildman–Crippen MR) is 59.7 cm³/mol. The highest BCUT2D eigenvalue weighted by Gasteiger charge is 2.17. The van der Waals surface area contributed by atoms with Crippen LogP contribution >= 0.6 is 0 Å². The molecule has 0 aromatic rings. The molecule has 0 aliphatic carbocycles. The number of carbonyl (C=O) groups excluding carboxylic acids is 1. The quantitative estimate of drug-likeness (QED) is 0.664. The molecule has 5 nitrogen and oxygen atoms in total. The lowest BCUT2D eigenvalue weighted by Crippen LogP contribution is -2.38. The summed E-state index contributed by atoms with van der Waals surface area (Å²) >= 11 is 0. The van der Waals surface area contributed by atoms with Gasteiger partial charge in [0, 0.05) is 20.8 Å². The largest absolute Gasteiger partial charge is 0.382 e. The van der Waals surface area contributed by atoms with E-state index in [1.165, 1.54) is 0 Å². The lowest BCUT2D eigenvalue weighted by atomic mass is 10.1. The van der Waals surface area contributed by atoms with Gasteiger partial charge in [-0.2, -0.15) is 5.26 Å². The smallest absolute Gasteiger partial charge is 0.237 e. The third-order valence-electron chi connectivity index (χ3n) is 2.24. The average Bonchev–Trinajstić information content (AvgIpc) is 2.30. The molecule has 0 radical (unpaired) electrons. The van der Waals surface area contributed by atoms with E-state index in [2.05, 4.69) is 5.32 Å². The van der Waals surface area contributed by atoms with Gasteiger partial charge in [-0.25, -0.2) is 0 Å². The van der Waals surface area contributed by atoms with E-state index in [0.29, 0.717) is 19.6 Å². The molecule has 0 saturated carbocycles. The first kappa shape index (κ1) is 14.9. The van der Waals surface area contributed by atoms with Crippen molar-refractivity contribution < 1.29 is 14.3 Å². The number of ether oxygens (including phenoxy) is 2. The molecular weight excluding hydrogens is 208 g/mol. The molecule has 2 atom stereocenters. The highest BCUT2D eigenvalue weighted by atomic mass is 16.5. The van der Waals surface area contributed by atoms with Crippen LogP contribution in [0.4, 0.5) is 0 Å². The third-order valence-corrected chi connectivity index (χ3v) is 2.24. The number of nitriles is 1. The molecule has 0 fully saturated rings. The van der Waals surface area contributed by atoms with Crippen LogP contribution < -0.4 is 5.32 Å². The van der Waals surface area contributed by atoms with E-state index in [1.54, 1.807) is 14.2 Å². The number of amides is 1. The highest BCUT2D eigenvalue weighted by Crippen LogP contribution is 2.04. The molecule has 0 aliphatic rings. The van der Waals surface area contributed by atoms with Crippen LogP contribution in [0.15, 0.2) is 0 Å². The fourth-order valence-electron chi connectivity index (χ4n) is 1.28. The highest BCUT2D eigenvalue weighted by molar-refractivity contribution is 5.80.